The van der Waals surface area contributed by atoms with E-state index >= 15 is 0 Å². The molecule has 3 aromatic rings. The third-order valence-corrected chi connectivity index (χ3v) is 4.95. The molecule has 0 aliphatic rings. The Morgan fingerprint density at radius 2 is 1.86 bits per heavy atom. The molecule has 0 atom stereocenters. The van der Waals surface area contributed by atoms with Gasteiger partial charge in [0.15, 0.2) is 0 Å². The number of halogens is 1. The Balaban J connectivity index is 1.68. The Labute approximate surface area is 169 Å². The molecule has 8 heteroatoms. The van der Waals surface area contributed by atoms with Gasteiger partial charge in [0.2, 0.25) is 5.91 Å². The lowest BCUT2D eigenvalue weighted by Crippen LogP contribution is -2.40. The predicted octanol–water partition coefficient (Wildman–Crippen LogP) is 2.46. The summed E-state index contributed by atoms with van der Waals surface area (Å²) in [4.78, 5) is 45.6. The number of fused-ring (bicyclic) bond motifs is 1. The summed E-state index contributed by atoms with van der Waals surface area (Å²) in [6.07, 6.45) is 0. The molecule has 0 fully saturated rings. The molecule has 1 aromatic heterocycles. The van der Waals surface area contributed by atoms with Crippen LogP contribution in [0.3, 0.4) is 0 Å². The van der Waals surface area contributed by atoms with Crippen LogP contribution in [0, 0.1) is 0 Å². The zero-order valence-electron chi connectivity index (χ0n) is 15.2. The molecule has 0 saturated carbocycles. The third kappa shape index (κ3) is 4.45. The highest BCUT2D eigenvalue weighted by Crippen LogP contribution is 2.15. The first-order valence-corrected chi connectivity index (χ1v) is 9.57. The molecule has 2 aromatic carbocycles. The maximum absolute atomic E-state index is 12.5. The standard InChI is InChI=1S/C20H19BrN4O3/c1-2-25(12-17-23-16-10-6-4-8-14(16)20(28)24-17)18(26)11-22-19(27)13-7-3-5-9-15(13)21/h3-10H,2,11-12H2,1H3,(H,22,27)(H,23,24,28). The second kappa shape index (κ2) is 8.79. The highest BCUT2D eigenvalue weighted by Gasteiger charge is 2.16. The number of H-pyrrole nitrogens is 1. The quantitative estimate of drug-likeness (QED) is 0.612. The van der Waals surface area contributed by atoms with Gasteiger partial charge in [-0.25, -0.2) is 4.98 Å². The van der Waals surface area contributed by atoms with Gasteiger partial charge in [0, 0.05) is 11.0 Å². The molecular formula is C20H19BrN4O3. The van der Waals surface area contributed by atoms with Crippen molar-refractivity contribution in [3.8, 4) is 0 Å². The van der Waals surface area contributed by atoms with Crippen molar-refractivity contribution in [2.45, 2.75) is 13.5 Å². The number of aromatic amines is 1. The summed E-state index contributed by atoms with van der Waals surface area (Å²) in [7, 11) is 0. The lowest BCUT2D eigenvalue weighted by atomic mass is 10.2. The van der Waals surface area contributed by atoms with Gasteiger partial charge in [-0.05, 0) is 47.1 Å². The van der Waals surface area contributed by atoms with Gasteiger partial charge in [-0.15, -0.1) is 0 Å². The number of rotatable bonds is 6. The highest BCUT2D eigenvalue weighted by atomic mass is 79.9. The van der Waals surface area contributed by atoms with Crippen molar-refractivity contribution < 1.29 is 9.59 Å². The first-order chi connectivity index (χ1) is 13.5. The van der Waals surface area contributed by atoms with E-state index in [0.29, 0.717) is 33.3 Å². The number of carbonyl (C=O) groups is 2. The van der Waals surface area contributed by atoms with Crippen molar-refractivity contribution in [1.29, 1.82) is 0 Å². The molecule has 0 radical (unpaired) electrons. The van der Waals surface area contributed by atoms with Gasteiger partial charge in [-0.2, -0.15) is 0 Å². The lowest BCUT2D eigenvalue weighted by molar-refractivity contribution is -0.130. The summed E-state index contributed by atoms with van der Waals surface area (Å²) >= 11 is 3.32. The number of amides is 2. The van der Waals surface area contributed by atoms with E-state index < -0.39 is 0 Å². The van der Waals surface area contributed by atoms with E-state index in [0.717, 1.165) is 0 Å². The van der Waals surface area contributed by atoms with E-state index in [2.05, 4.69) is 31.2 Å². The van der Waals surface area contributed by atoms with E-state index in [4.69, 9.17) is 0 Å². The number of aromatic nitrogens is 2. The van der Waals surface area contributed by atoms with Crippen LogP contribution in [0.1, 0.15) is 23.1 Å². The molecule has 2 N–H and O–H groups in total. The van der Waals surface area contributed by atoms with Crippen LogP contribution in [0.25, 0.3) is 10.9 Å². The van der Waals surface area contributed by atoms with Crippen LogP contribution in [0.2, 0.25) is 0 Å². The van der Waals surface area contributed by atoms with E-state index in [1.165, 1.54) is 4.90 Å². The van der Waals surface area contributed by atoms with Crippen molar-refractivity contribution in [2.75, 3.05) is 13.1 Å². The maximum atomic E-state index is 12.5. The molecule has 0 aliphatic heterocycles. The van der Waals surface area contributed by atoms with Crippen LogP contribution >= 0.6 is 15.9 Å². The number of para-hydroxylation sites is 1. The Morgan fingerprint density at radius 1 is 1.14 bits per heavy atom. The molecule has 2 amide bonds. The summed E-state index contributed by atoms with van der Waals surface area (Å²) in [6, 6.07) is 14.0. The average molecular weight is 443 g/mol. The second-order valence-electron chi connectivity index (χ2n) is 6.10. The normalized spacial score (nSPS) is 10.6. The van der Waals surface area contributed by atoms with Gasteiger partial charge in [0.1, 0.15) is 5.82 Å². The molecular weight excluding hydrogens is 424 g/mol. The molecule has 0 bridgehead atoms. The number of nitrogens with one attached hydrogen (secondary N) is 2. The van der Waals surface area contributed by atoms with E-state index in [1.54, 1.807) is 42.5 Å². The molecule has 0 spiro atoms. The zero-order valence-corrected chi connectivity index (χ0v) is 16.8. The number of hydrogen-bond donors (Lipinski definition) is 2. The number of hydrogen-bond acceptors (Lipinski definition) is 4. The van der Waals surface area contributed by atoms with Gasteiger partial charge < -0.3 is 15.2 Å². The molecule has 1 heterocycles. The largest absolute Gasteiger partial charge is 0.343 e. The second-order valence-corrected chi connectivity index (χ2v) is 6.95. The molecule has 28 heavy (non-hydrogen) atoms. The molecule has 7 nitrogen and oxygen atoms in total. The fraction of sp³-hybridized carbons (Fsp3) is 0.200. The summed E-state index contributed by atoms with van der Waals surface area (Å²) in [6.45, 7) is 2.25. The van der Waals surface area contributed by atoms with Gasteiger partial charge in [-0.3, -0.25) is 14.4 Å². The molecule has 144 valence electrons. The van der Waals surface area contributed by atoms with E-state index in [9.17, 15) is 14.4 Å². The van der Waals surface area contributed by atoms with Gasteiger partial charge in [0.25, 0.3) is 11.5 Å². The van der Waals surface area contributed by atoms with Crippen LogP contribution in [-0.4, -0.2) is 39.8 Å². The topological polar surface area (TPSA) is 95.2 Å². The minimum atomic E-state index is -0.339. The smallest absolute Gasteiger partial charge is 0.258 e. The fourth-order valence-electron chi connectivity index (χ4n) is 2.78. The Hall–Kier alpha value is -3.00. The van der Waals surface area contributed by atoms with Crippen LogP contribution in [0.15, 0.2) is 57.8 Å². The van der Waals surface area contributed by atoms with Crippen molar-refractivity contribution in [3.63, 3.8) is 0 Å². The molecule has 0 unspecified atom stereocenters. The van der Waals surface area contributed by atoms with Crippen molar-refractivity contribution in [1.82, 2.24) is 20.2 Å². The van der Waals surface area contributed by atoms with Crippen molar-refractivity contribution in [3.05, 3.63) is 74.7 Å². The highest BCUT2D eigenvalue weighted by molar-refractivity contribution is 9.10. The minimum absolute atomic E-state index is 0.147. The number of carbonyl (C=O) groups excluding carboxylic acids is 2. The predicted molar refractivity (Wildman–Crippen MR) is 110 cm³/mol. The Morgan fingerprint density at radius 3 is 2.61 bits per heavy atom. The SMILES string of the molecule is CCN(Cc1nc2ccccc2c(=O)[nH]1)C(=O)CNC(=O)c1ccccc1Br. The minimum Gasteiger partial charge on any atom is -0.343 e. The summed E-state index contributed by atoms with van der Waals surface area (Å²) in [5.74, 6) is -0.205. The Bertz CT molecular complexity index is 1080. The van der Waals surface area contributed by atoms with Crippen molar-refractivity contribution >= 4 is 38.6 Å². The first kappa shape index (κ1) is 19.8. The zero-order chi connectivity index (χ0) is 20.1. The van der Waals surface area contributed by atoms with Gasteiger partial charge in [-0.1, -0.05) is 24.3 Å². The number of likely N-dealkylation sites (N-methyl/N-ethyl adjacent to an activating group) is 1. The maximum Gasteiger partial charge on any atom is 0.258 e. The van der Waals surface area contributed by atoms with Crippen LogP contribution < -0.4 is 10.9 Å². The molecule has 0 saturated heterocycles. The fourth-order valence-corrected chi connectivity index (χ4v) is 3.24. The summed E-state index contributed by atoms with van der Waals surface area (Å²) < 4.78 is 0.658. The monoisotopic (exact) mass is 442 g/mol. The van der Waals surface area contributed by atoms with Crippen LogP contribution in [0.5, 0.6) is 0 Å². The number of nitrogens with zero attached hydrogens (tertiary/aromatic N) is 2. The average Bonchev–Trinajstić information content (AvgIpc) is 2.70. The van der Waals surface area contributed by atoms with Crippen LogP contribution in [0.4, 0.5) is 0 Å². The summed E-state index contributed by atoms with van der Waals surface area (Å²) in [5.41, 5.74) is 0.789. The molecule has 3 rings (SSSR count). The summed E-state index contributed by atoms with van der Waals surface area (Å²) in [5, 5.41) is 3.13. The molecule has 0 aliphatic carbocycles. The number of benzene rings is 2. The van der Waals surface area contributed by atoms with Crippen molar-refractivity contribution in [2.24, 2.45) is 0 Å². The Kier molecular flexibility index (Phi) is 6.20. The van der Waals surface area contributed by atoms with Crippen LogP contribution in [-0.2, 0) is 11.3 Å². The van der Waals surface area contributed by atoms with E-state index in [-0.39, 0.29) is 30.5 Å². The first-order valence-electron chi connectivity index (χ1n) is 8.78. The van der Waals surface area contributed by atoms with Gasteiger partial charge in [0.05, 0.1) is 29.6 Å². The third-order valence-electron chi connectivity index (χ3n) is 4.26. The lowest BCUT2D eigenvalue weighted by Gasteiger charge is -2.20. The van der Waals surface area contributed by atoms with E-state index in [1.807, 2.05) is 13.0 Å². The van der Waals surface area contributed by atoms with Gasteiger partial charge >= 0.3 is 0 Å².